The summed E-state index contributed by atoms with van der Waals surface area (Å²) in [6.45, 7) is 0. The number of alkyl halides is 3. The Labute approximate surface area is 119 Å². The summed E-state index contributed by atoms with van der Waals surface area (Å²) in [5, 5.41) is 4.19. The van der Waals surface area contributed by atoms with E-state index in [-0.39, 0.29) is 5.69 Å². The molecule has 2 N–H and O–H groups in total. The minimum absolute atomic E-state index is 0.111. The summed E-state index contributed by atoms with van der Waals surface area (Å²) in [4.78, 5) is 11.7. The van der Waals surface area contributed by atoms with Crippen LogP contribution in [0.2, 0.25) is 0 Å². The van der Waals surface area contributed by atoms with Gasteiger partial charge in [0.1, 0.15) is 11.9 Å². The van der Waals surface area contributed by atoms with E-state index < -0.39 is 30.0 Å². The van der Waals surface area contributed by atoms with Gasteiger partial charge in [-0.1, -0.05) is 18.9 Å². The lowest BCUT2D eigenvalue weighted by Crippen LogP contribution is -2.50. The van der Waals surface area contributed by atoms with Gasteiger partial charge < -0.3 is 10.6 Å². The van der Waals surface area contributed by atoms with Crippen molar-refractivity contribution in [2.24, 2.45) is 5.92 Å². The molecular formula is C14H16F4N2O. The van der Waals surface area contributed by atoms with E-state index in [1.807, 2.05) is 5.32 Å². The first-order valence-corrected chi connectivity index (χ1v) is 6.76. The van der Waals surface area contributed by atoms with Gasteiger partial charge in [0.15, 0.2) is 0 Å². The van der Waals surface area contributed by atoms with Crippen LogP contribution in [0.3, 0.4) is 0 Å². The number of hydrogen-bond donors (Lipinski definition) is 2. The molecule has 0 heterocycles. The van der Waals surface area contributed by atoms with Crippen molar-refractivity contribution >= 4 is 11.7 Å². The Morgan fingerprint density at radius 2 is 1.90 bits per heavy atom. The zero-order chi connectivity index (χ0) is 15.5. The molecule has 1 aliphatic carbocycles. The Morgan fingerprint density at radius 3 is 2.48 bits per heavy atom. The van der Waals surface area contributed by atoms with E-state index in [9.17, 15) is 22.4 Å². The van der Waals surface area contributed by atoms with E-state index in [1.54, 1.807) is 0 Å². The minimum atomic E-state index is -4.49. The van der Waals surface area contributed by atoms with Crippen molar-refractivity contribution in [3.05, 3.63) is 30.1 Å². The maximum absolute atomic E-state index is 13.0. The van der Waals surface area contributed by atoms with Crippen molar-refractivity contribution in [3.8, 4) is 0 Å². The molecule has 2 amide bonds. The molecule has 0 aliphatic heterocycles. The van der Waals surface area contributed by atoms with Crippen LogP contribution in [0.15, 0.2) is 24.3 Å². The largest absolute Gasteiger partial charge is 0.408 e. The fraction of sp³-hybridized carbons (Fsp3) is 0.500. The zero-order valence-corrected chi connectivity index (χ0v) is 11.2. The number of anilines is 1. The van der Waals surface area contributed by atoms with Crippen LogP contribution < -0.4 is 10.6 Å². The van der Waals surface area contributed by atoms with Crippen LogP contribution in [0.1, 0.15) is 25.7 Å². The first-order valence-electron chi connectivity index (χ1n) is 6.76. The maximum Gasteiger partial charge on any atom is 0.408 e. The number of hydrogen-bond acceptors (Lipinski definition) is 1. The number of benzene rings is 1. The van der Waals surface area contributed by atoms with E-state index >= 15 is 0 Å². The molecule has 1 aliphatic rings. The Morgan fingerprint density at radius 1 is 1.24 bits per heavy atom. The van der Waals surface area contributed by atoms with Crippen LogP contribution in [-0.4, -0.2) is 18.2 Å². The third kappa shape index (κ3) is 4.34. The summed E-state index contributed by atoms with van der Waals surface area (Å²) in [5.74, 6) is -1.17. The van der Waals surface area contributed by atoms with Crippen molar-refractivity contribution in [3.63, 3.8) is 0 Å². The van der Waals surface area contributed by atoms with Crippen LogP contribution in [0, 0.1) is 11.7 Å². The average molecular weight is 304 g/mol. The molecule has 1 saturated carbocycles. The normalized spacial score (nSPS) is 17.5. The molecule has 0 unspecified atom stereocenters. The second kappa shape index (κ2) is 6.32. The van der Waals surface area contributed by atoms with Crippen LogP contribution >= 0.6 is 0 Å². The van der Waals surface area contributed by atoms with Gasteiger partial charge in [0.2, 0.25) is 0 Å². The molecule has 0 saturated heterocycles. The molecule has 1 fully saturated rings. The highest BCUT2D eigenvalue weighted by Gasteiger charge is 2.46. The first-order chi connectivity index (χ1) is 9.86. The Balaban J connectivity index is 2.01. The summed E-state index contributed by atoms with van der Waals surface area (Å²) in [6.07, 6.45) is -2.11. The number of carbonyl (C=O) groups excluding carboxylic acids is 1. The van der Waals surface area contributed by atoms with E-state index in [1.165, 1.54) is 18.2 Å². The first kappa shape index (κ1) is 15.6. The molecule has 2 rings (SSSR count). The van der Waals surface area contributed by atoms with Crippen molar-refractivity contribution in [1.29, 1.82) is 0 Å². The summed E-state index contributed by atoms with van der Waals surface area (Å²) in [7, 11) is 0. The molecule has 116 valence electrons. The average Bonchev–Trinajstić information content (AvgIpc) is 2.88. The molecule has 0 bridgehead atoms. The van der Waals surface area contributed by atoms with Crippen LogP contribution in [0.5, 0.6) is 0 Å². The SMILES string of the molecule is O=C(Nc1cccc(F)c1)N[C@@H](C1CCCC1)C(F)(F)F. The maximum atomic E-state index is 13.0. The zero-order valence-electron chi connectivity index (χ0n) is 11.2. The van der Waals surface area contributed by atoms with Crippen LogP contribution in [0.25, 0.3) is 0 Å². The van der Waals surface area contributed by atoms with Crippen molar-refractivity contribution in [1.82, 2.24) is 5.32 Å². The monoisotopic (exact) mass is 304 g/mol. The van der Waals surface area contributed by atoms with E-state index in [2.05, 4.69) is 5.32 Å². The van der Waals surface area contributed by atoms with Crippen molar-refractivity contribution in [2.75, 3.05) is 5.32 Å². The van der Waals surface area contributed by atoms with Gasteiger partial charge in [-0.15, -0.1) is 0 Å². The van der Waals surface area contributed by atoms with Crippen LogP contribution in [-0.2, 0) is 0 Å². The van der Waals surface area contributed by atoms with E-state index in [0.717, 1.165) is 18.9 Å². The van der Waals surface area contributed by atoms with Gasteiger partial charge in [-0.25, -0.2) is 9.18 Å². The molecule has 7 heteroatoms. The molecule has 0 aromatic heterocycles. The number of halogens is 4. The number of nitrogens with one attached hydrogen (secondary N) is 2. The summed E-state index contributed by atoms with van der Waals surface area (Å²) < 4.78 is 52.1. The van der Waals surface area contributed by atoms with E-state index in [4.69, 9.17) is 0 Å². The predicted octanol–water partition coefficient (Wildman–Crippen LogP) is 4.07. The van der Waals surface area contributed by atoms with Gasteiger partial charge in [-0.05, 0) is 37.0 Å². The van der Waals surface area contributed by atoms with Gasteiger partial charge in [0.25, 0.3) is 0 Å². The summed E-state index contributed by atoms with van der Waals surface area (Å²) in [5.41, 5.74) is 0.111. The Bertz CT molecular complexity index is 498. The third-order valence-electron chi connectivity index (χ3n) is 3.59. The summed E-state index contributed by atoms with van der Waals surface area (Å²) in [6, 6.07) is 2.14. The lowest BCUT2D eigenvalue weighted by Gasteiger charge is -2.27. The third-order valence-corrected chi connectivity index (χ3v) is 3.59. The smallest absolute Gasteiger partial charge is 0.326 e. The minimum Gasteiger partial charge on any atom is -0.326 e. The highest BCUT2D eigenvalue weighted by Crippen LogP contribution is 2.35. The van der Waals surface area contributed by atoms with Gasteiger partial charge in [0.05, 0.1) is 0 Å². The molecule has 21 heavy (non-hydrogen) atoms. The standard InChI is InChI=1S/C14H16F4N2O/c15-10-6-3-7-11(8-10)19-13(21)20-12(14(16,17)18)9-4-1-2-5-9/h3,6-9,12H,1-2,4-5H2,(H2,19,20,21)/t12-/m0/s1. The second-order valence-electron chi connectivity index (χ2n) is 5.17. The molecule has 0 radical (unpaired) electrons. The quantitative estimate of drug-likeness (QED) is 0.812. The molecule has 0 spiro atoms. The molecule has 1 aromatic rings. The van der Waals surface area contributed by atoms with Gasteiger partial charge in [-0.3, -0.25) is 0 Å². The topological polar surface area (TPSA) is 41.1 Å². The fourth-order valence-electron chi connectivity index (χ4n) is 2.63. The van der Waals surface area contributed by atoms with Gasteiger partial charge in [0, 0.05) is 5.69 Å². The van der Waals surface area contributed by atoms with Gasteiger partial charge >= 0.3 is 12.2 Å². The fourth-order valence-corrected chi connectivity index (χ4v) is 2.63. The number of urea groups is 1. The second-order valence-corrected chi connectivity index (χ2v) is 5.17. The van der Waals surface area contributed by atoms with Crippen molar-refractivity contribution in [2.45, 2.75) is 37.9 Å². The number of carbonyl (C=O) groups is 1. The Hall–Kier alpha value is -1.79. The lowest BCUT2D eigenvalue weighted by molar-refractivity contribution is -0.164. The van der Waals surface area contributed by atoms with E-state index in [0.29, 0.717) is 12.8 Å². The predicted molar refractivity (Wildman–Crippen MR) is 70.4 cm³/mol. The molecular weight excluding hydrogens is 288 g/mol. The molecule has 1 atom stereocenters. The number of amides is 2. The summed E-state index contributed by atoms with van der Waals surface area (Å²) >= 11 is 0. The van der Waals surface area contributed by atoms with Crippen molar-refractivity contribution < 1.29 is 22.4 Å². The lowest BCUT2D eigenvalue weighted by atomic mass is 9.98. The highest BCUT2D eigenvalue weighted by atomic mass is 19.4. The Kier molecular flexibility index (Phi) is 4.69. The highest BCUT2D eigenvalue weighted by molar-refractivity contribution is 5.89. The molecule has 1 aromatic carbocycles. The van der Waals surface area contributed by atoms with Gasteiger partial charge in [-0.2, -0.15) is 13.2 Å². The van der Waals surface area contributed by atoms with Crippen LogP contribution in [0.4, 0.5) is 28.0 Å². The number of rotatable bonds is 3. The molecule has 3 nitrogen and oxygen atoms in total.